The summed E-state index contributed by atoms with van der Waals surface area (Å²) in [7, 11) is 1.72. The SMILES string of the molecule is Cc1cc(NC(C)C(=O)N(C)Cc2cccc(F)c2)ccc1Br. The highest BCUT2D eigenvalue weighted by atomic mass is 79.9. The second-order valence-corrected chi connectivity index (χ2v) is 6.51. The van der Waals surface area contributed by atoms with Gasteiger partial charge in [-0.15, -0.1) is 0 Å². The molecule has 0 aliphatic heterocycles. The molecule has 3 nitrogen and oxygen atoms in total. The largest absolute Gasteiger partial charge is 0.374 e. The molecule has 0 heterocycles. The van der Waals surface area contributed by atoms with Crippen LogP contribution in [0.25, 0.3) is 0 Å². The van der Waals surface area contributed by atoms with Crippen LogP contribution in [-0.2, 0) is 11.3 Å². The van der Waals surface area contributed by atoms with Crippen LogP contribution in [0, 0.1) is 12.7 Å². The summed E-state index contributed by atoms with van der Waals surface area (Å²) in [5.41, 5.74) is 2.76. The van der Waals surface area contributed by atoms with Gasteiger partial charge in [0.1, 0.15) is 11.9 Å². The molecule has 23 heavy (non-hydrogen) atoms. The molecule has 0 saturated heterocycles. The summed E-state index contributed by atoms with van der Waals surface area (Å²) in [5, 5.41) is 3.20. The number of halogens is 2. The minimum Gasteiger partial charge on any atom is -0.374 e. The molecule has 2 aromatic carbocycles. The molecule has 0 aliphatic carbocycles. The molecule has 0 saturated carbocycles. The molecule has 0 fully saturated rings. The van der Waals surface area contributed by atoms with Crippen LogP contribution in [0.5, 0.6) is 0 Å². The van der Waals surface area contributed by atoms with Gasteiger partial charge in [0.15, 0.2) is 0 Å². The number of likely N-dealkylation sites (N-methyl/N-ethyl adjacent to an activating group) is 1. The van der Waals surface area contributed by atoms with Crippen molar-refractivity contribution >= 4 is 27.5 Å². The highest BCUT2D eigenvalue weighted by molar-refractivity contribution is 9.10. The van der Waals surface area contributed by atoms with Gasteiger partial charge in [0.25, 0.3) is 0 Å². The van der Waals surface area contributed by atoms with E-state index in [9.17, 15) is 9.18 Å². The smallest absolute Gasteiger partial charge is 0.244 e. The Balaban J connectivity index is 1.99. The number of carbonyl (C=O) groups excluding carboxylic acids is 1. The summed E-state index contributed by atoms with van der Waals surface area (Å²) in [5.74, 6) is -0.338. The lowest BCUT2D eigenvalue weighted by Gasteiger charge is -2.23. The van der Waals surface area contributed by atoms with Gasteiger partial charge in [-0.2, -0.15) is 0 Å². The molecule has 0 radical (unpaired) electrons. The fraction of sp³-hybridized carbons (Fsp3) is 0.278. The van der Waals surface area contributed by atoms with Crippen molar-refractivity contribution in [2.75, 3.05) is 12.4 Å². The monoisotopic (exact) mass is 378 g/mol. The number of benzene rings is 2. The van der Waals surface area contributed by atoms with Gasteiger partial charge in [-0.05, 0) is 55.3 Å². The molecular weight excluding hydrogens is 359 g/mol. The summed E-state index contributed by atoms with van der Waals surface area (Å²) >= 11 is 3.46. The van der Waals surface area contributed by atoms with Crippen LogP contribution in [0.4, 0.5) is 10.1 Å². The van der Waals surface area contributed by atoms with Crippen LogP contribution in [-0.4, -0.2) is 23.9 Å². The van der Waals surface area contributed by atoms with Crippen LogP contribution in [0.1, 0.15) is 18.1 Å². The van der Waals surface area contributed by atoms with Crippen molar-refractivity contribution < 1.29 is 9.18 Å². The molecule has 122 valence electrons. The zero-order chi connectivity index (χ0) is 17.0. The number of anilines is 1. The molecule has 0 bridgehead atoms. The van der Waals surface area contributed by atoms with E-state index in [0.29, 0.717) is 6.54 Å². The number of hydrogen-bond donors (Lipinski definition) is 1. The van der Waals surface area contributed by atoms with Crippen LogP contribution in [0.15, 0.2) is 46.9 Å². The van der Waals surface area contributed by atoms with Crippen molar-refractivity contribution in [3.05, 3.63) is 63.9 Å². The first-order valence-electron chi connectivity index (χ1n) is 7.39. The van der Waals surface area contributed by atoms with Crippen LogP contribution >= 0.6 is 15.9 Å². The molecule has 1 atom stereocenters. The van der Waals surface area contributed by atoms with E-state index in [0.717, 1.165) is 21.3 Å². The fourth-order valence-electron chi connectivity index (χ4n) is 2.36. The standard InChI is InChI=1S/C18H20BrFN2O/c1-12-9-16(7-8-17(12)19)21-13(2)18(23)22(3)11-14-5-4-6-15(20)10-14/h4-10,13,21H,11H2,1-3H3. The fourth-order valence-corrected chi connectivity index (χ4v) is 2.61. The predicted octanol–water partition coefficient (Wildman–Crippen LogP) is 4.36. The topological polar surface area (TPSA) is 32.3 Å². The number of carbonyl (C=O) groups is 1. The molecule has 1 N–H and O–H groups in total. The third-order valence-electron chi connectivity index (χ3n) is 3.60. The van der Waals surface area contributed by atoms with Gasteiger partial charge in [-0.3, -0.25) is 4.79 Å². The van der Waals surface area contributed by atoms with Crippen molar-refractivity contribution in [3.63, 3.8) is 0 Å². The van der Waals surface area contributed by atoms with Gasteiger partial charge in [0.05, 0.1) is 0 Å². The maximum absolute atomic E-state index is 13.2. The molecular formula is C18H20BrFN2O. The molecule has 1 amide bonds. The summed E-state index contributed by atoms with van der Waals surface area (Å²) in [6, 6.07) is 11.8. The minimum absolute atomic E-state index is 0.0465. The van der Waals surface area contributed by atoms with E-state index in [1.807, 2.05) is 38.1 Å². The van der Waals surface area contributed by atoms with E-state index < -0.39 is 0 Å². The lowest BCUT2D eigenvalue weighted by atomic mass is 10.2. The van der Waals surface area contributed by atoms with Crippen molar-refractivity contribution in [2.45, 2.75) is 26.4 Å². The Kier molecular flexibility index (Phi) is 5.77. The van der Waals surface area contributed by atoms with Gasteiger partial charge in [0.2, 0.25) is 5.91 Å². The molecule has 1 unspecified atom stereocenters. The van der Waals surface area contributed by atoms with E-state index in [1.54, 1.807) is 18.0 Å². The molecule has 2 aromatic rings. The Morgan fingerprint density at radius 1 is 1.30 bits per heavy atom. The van der Waals surface area contributed by atoms with E-state index in [1.165, 1.54) is 12.1 Å². The first-order chi connectivity index (χ1) is 10.9. The minimum atomic E-state index is -0.367. The number of rotatable bonds is 5. The Morgan fingerprint density at radius 2 is 2.04 bits per heavy atom. The summed E-state index contributed by atoms with van der Waals surface area (Å²) < 4.78 is 14.2. The molecule has 0 aromatic heterocycles. The Bertz CT molecular complexity index is 705. The lowest BCUT2D eigenvalue weighted by Crippen LogP contribution is -2.38. The maximum atomic E-state index is 13.2. The lowest BCUT2D eigenvalue weighted by molar-refractivity contribution is -0.130. The molecule has 0 aliphatic rings. The predicted molar refractivity (Wildman–Crippen MR) is 94.8 cm³/mol. The Hall–Kier alpha value is -1.88. The van der Waals surface area contributed by atoms with E-state index in [4.69, 9.17) is 0 Å². The van der Waals surface area contributed by atoms with Crippen molar-refractivity contribution in [1.82, 2.24) is 4.90 Å². The van der Waals surface area contributed by atoms with Gasteiger partial charge in [-0.1, -0.05) is 28.1 Å². The van der Waals surface area contributed by atoms with Gasteiger partial charge >= 0.3 is 0 Å². The third-order valence-corrected chi connectivity index (χ3v) is 4.49. The maximum Gasteiger partial charge on any atom is 0.244 e. The van der Waals surface area contributed by atoms with Gasteiger partial charge in [-0.25, -0.2) is 4.39 Å². The van der Waals surface area contributed by atoms with Crippen molar-refractivity contribution in [3.8, 4) is 0 Å². The summed E-state index contributed by atoms with van der Waals surface area (Å²) in [6.07, 6.45) is 0. The number of nitrogens with one attached hydrogen (secondary N) is 1. The molecule has 5 heteroatoms. The first kappa shape index (κ1) is 17.5. The summed E-state index contributed by atoms with van der Waals surface area (Å²) in [6.45, 7) is 4.20. The van der Waals surface area contributed by atoms with Crippen molar-refractivity contribution in [1.29, 1.82) is 0 Å². The quantitative estimate of drug-likeness (QED) is 0.838. The second-order valence-electron chi connectivity index (χ2n) is 5.65. The molecule has 2 rings (SSSR count). The normalized spacial score (nSPS) is 11.9. The van der Waals surface area contributed by atoms with E-state index in [-0.39, 0.29) is 17.8 Å². The number of amides is 1. The average Bonchev–Trinajstić information content (AvgIpc) is 2.50. The summed E-state index contributed by atoms with van der Waals surface area (Å²) in [4.78, 5) is 14.0. The zero-order valence-corrected chi connectivity index (χ0v) is 15.0. The van der Waals surface area contributed by atoms with Crippen LogP contribution < -0.4 is 5.32 Å². The highest BCUT2D eigenvalue weighted by Crippen LogP contribution is 2.20. The average molecular weight is 379 g/mol. The van der Waals surface area contributed by atoms with Gasteiger partial charge in [0, 0.05) is 23.8 Å². The van der Waals surface area contributed by atoms with Crippen LogP contribution in [0.2, 0.25) is 0 Å². The Labute approximate surface area is 144 Å². The number of aryl methyl sites for hydroxylation is 1. The molecule has 0 spiro atoms. The van der Waals surface area contributed by atoms with E-state index in [2.05, 4.69) is 21.2 Å². The first-order valence-corrected chi connectivity index (χ1v) is 8.18. The number of hydrogen-bond acceptors (Lipinski definition) is 2. The van der Waals surface area contributed by atoms with Crippen LogP contribution in [0.3, 0.4) is 0 Å². The van der Waals surface area contributed by atoms with Crippen molar-refractivity contribution in [2.24, 2.45) is 0 Å². The highest BCUT2D eigenvalue weighted by Gasteiger charge is 2.17. The van der Waals surface area contributed by atoms with E-state index >= 15 is 0 Å². The van der Waals surface area contributed by atoms with Gasteiger partial charge < -0.3 is 10.2 Å². The Morgan fingerprint density at radius 3 is 2.70 bits per heavy atom. The number of nitrogens with zero attached hydrogens (tertiary/aromatic N) is 1. The zero-order valence-electron chi connectivity index (χ0n) is 13.4. The third kappa shape index (κ3) is 4.79. The second kappa shape index (κ2) is 7.59.